The number of carbonyl (C=O) groups is 2. The molecule has 3 saturated carbocycles. The number of hydrogen-bond donors (Lipinski definition) is 2. The Labute approximate surface area is 180 Å². The maximum Gasteiger partial charge on any atom is 0.254 e. The normalized spacial score (nSPS) is 40.7. The van der Waals surface area contributed by atoms with Crippen LogP contribution in [0.15, 0.2) is 0 Å². The van der Waals surface area contributed by atoms with Crippen molar-refractivity contribution in [1.29, 1.82) is 0 Å². The zero-order chi connectivity index (χ0) is 20.9. The fourth-order valence-electron chi connectivity index (χ4n) is 6.94. The Bertz CT molecular complexity index is 663. The highest BCUT2D eigenvalue weighted by atomic mass is 16.3. The minimum Gasteiger partial charge on any atom is -0.380 e. The SMILES string of the molecule is CC1NCC2CCC(C3CCC(C(=O)N4CCN(C(=O)C5(O)CC5)CC4)CC3)CC21. The van der Waals surface area contributed by atoms with E-state index >= 15 is 0 Å². The van der Waals surface area contributed by atoms with E-state index in [-0.39, 0.29) is 11.8 Å². The first kappa shape index (κ1) is 20.7. The molecule has 2 N–H and O–H groups in total. The van der Waals surface area contributed by atoms with Gasteiger partial charge in [-0.1, -0.05) is 0 Å². The quantitative estimate of drug-likeness (QED) is 0.737. The van der Waals surface area contributed by atoms with Gasteiger partial charge in [0.25, 0.3) is 5.91 Å². The average Bonchev–Trinajstić information content (AvgIpc) is 3.44. The highest BCUT2D eigenvalue weighted by Gasteiger charge is 2.50. The van der Waals surface area contributed by atoms with Crippen molar-refractivity contribution in [3.05, 3.63) is 0 Å². The third-order valence-electron chi connectivity index (χ3n) is 9.22. The number of rotatable bonds is 3. The number of piperazine rings is 1. The molecular weight excluding hydrogens is 378 g/mol. The number of fused-ring (bicyclic) bond motifs is 1. The first-order chi connectivity index (χ1) is 14.4. The molecule has 3 aliphatic carbocycles. The van der Waals surface area contributed by atoms with Gasteiger partial charge >= 0.3 is 0 Å². The molecule has 0 spiro atoms. The van der Waals surface area contributed by atoms with Crippen molar-refractivity contribution in [2.45, 2.75) is 76.4 Å². The van der Waals surface area contributed by atoms with Gasteiger partial charge in [-0.3, -0.25) is 9.59 Å². The number of carbonyl (C=O) groups excluding carboxylic acids is 2. The van der Waals surface area contributed by atoms with E-state index in [2.05, 4.69) is 12.2 Å². The largest absolute Gasteiger partial charge is 0.380 e. The van der Waals surface area contributed by atoms with Gasteiger partial charge in [-0.15, -0.1) is 0 Å². The van der Waals surface area contributed by atoms with Gasteiger partial charge in [-0.25, -0.2) is 0 Å². The summed E-state index contributed by atoms with van der Waals surface area (Å²) in [7, 11) is 0. The van der Waals surface area contributed by atoms with Crippen LogP contribution in [0.3, 0.4) is 0 Å². The third kappa shape index (κ3) is 3.90. The van der Waals surface area contributed by atoms with Crippen molar-refractivity contribution in [3.8, 4) is 0 Å². The summed E-state index contributed by atoms with van der Waals surface area (Å²) < 4.78 is 0. The Balaban J connectivity index is 1.08. The van der Waals surface area contributed by atoms with Crippen LogP contribution in [0.25, 0.3) is 0 Å². The highest BCUT2D eigenvalue weighted by Crippen LogP contribution is 2.46. The molecule has 0 bridgehead atoms. The molecule has 30 heavy (non-hydrogen) atoms. The fourth-order valence-corrected chi connectivity index (χ4v) is 6.94. The topological polar surface area (TPSA) is 72.9 Å². The van der Waals surface area contributed by atoms with Crippen LogP contribution in [0, 0.1) is 29.6 Å². The number of nitrogens with one attached hydrogen (secondary N) is 1. The molecule has 6 heteroatoms. The molecule has 0 aromatic heterocycles. The van der Waals surface area contributed by atoms with Gasteiger partial charge in [-0.2, -0.15) is 0 Å². The first-order valence-electron chi connectivity index (χ1n) is 12.5. The monoisotopic (exact) mass is 417 g/mol. The van der Waals surface area contributed by atoms with Crippen molar-refractivity contribution in [2.75, 3.05) is 32.7 Å². The standard InChI is InChI=1S/C24H39N3O3/c1-16-21-14-19(6-7-20(21)15-25-16)17-2-4-18(5-3-17)22(28)26-10-12-27(13-11-26)23(29)24(30)8-9-24/h16-21,25,30H,2-15H2,1H3. The molecule has 0 aromatic carbocycles. The number of hydrogen-bond acceptors (Lipinski definition) is 4. The first-order valence-corrected chi connectivity index (χ1v) is 12.5. The van der Waals surface area contributed by atoms with E-state index in [1.54, 1.807) is 4.90 Å². The zero-order valence-electron chi connectivity index (χ0n) is 18.5. The zero-order valence-corrected chi connectivity index (χ0v) is 18.5. The van der Waals surface area contributed by atoms with Crippen LogP contribution in [0.5, 0.6) is 0 Å². The Morgan fingerprint density at radius 2 is 1.47 bits per heavy atom. The molecule has 4 unspecified atom stereocenters. The van der Waals surface area contributed by atoms with E-state index in [1.807, 2.05) is 4.90 Å². The van der Waals surface area contributed by atoms with E-state index in [0.29, 0.717) is 51.0 Å². The Kier molecular flexibility index (Phi) is 5.59. The van der Waals surface area contributed by atoms with Crippen LogP contribution >= 0.6 is 0 Å². The minimum absolute atomic E-state index is 0.128. The molecule has 5 fully saturated rings. The lowest BCUT2D eigenvalue weighted by molar-refractivity contribution is -0.148. The lowest BCUT2D eigenvalue weighted by atomic mass is 9.65. The van der Waals surface area contributed by atoms with Crippen molar-refractivity contribution < 1.29 is 14.7 Å². The van der Waals surface area contributed by atoms with Gasteiger partial charge in [0.05, 0.1) is 0 Å². The molecule has 0 aromatic rings. The summed E-state index contributed by atoms with van der Waals surface area (Å²) in [6.07, 6.45) is 9.87. The summed E-state index contributed by atoms with van der Waals surface area (Å²) in [6.45, 7) is 5.96. The lowest BCUT2D eigenvalue weighted by Crippen LogP contribution is -2.54. The van der Waals surface area contributed by atoms with E-state index in [1.165, 1.54) is 38.6 Å². The van der Waals surface area contributed by atoms with Crippen molar-refractivity contribution in [2.24, 2.45) is 29.6 Å². The van der Waals surface area contributed by atoms with E-state index in [0.717, 1.165) is 36.5 Å². The van der Waals surface area contributed by atoms with Crippen molar-refractivity contribution in [3.63, 3.8) is 0 Å². The third-order valence-corrected chi connectivity index (χ3v) is 9.22. The average molecular weight is 418 g/mol. The van der Waals surface area contributed by atoms with Crippen LogP contribution in [0.4, 0.5) is 0 Å². The Hall–Kier alpha value is -1.14. The maximum atomic E-state index is 13.1. The molecule has 2 amide bonds. The maximum absolute atomic E-state index is 13.1. The summed E-state index contributed by atoms with van der Waals surface area (Å²) >= 11 is 0. The molecular formula is C24H39N3O3. The van der Waals surface area contributed by atoms with Gasteiger partial charge in [0.2, 0.25) is 5.91 Å². The van der Waals surface area contributed by atoms with Gasteiger partial charge in [0, 0.05) is 38.1 Å². The smallest absolute Gasteiger partial charge is 0.254 e. The molecule has 2 saturated heterocycles. The summed E-state index contributed by atoms with van der Waals surface area (Å²) in [4.78, 5) is 29.1. The van der Waals surface area contributed by atoms with Crippen LogP contribution < -0.4 is 5.32 Å². The highest BCUT2D eigenvalue weighted by molar-refractivity contribution is 5.88. The molecule has 5 rings (SSSR count). The summed E-state index contributed by atoms with van der Waals surface area (Å²) in [5, 5.41) is 13.7. The molecule has 4 atom stereocenters. The van der Waals surface area contributed by atoms with E-state index in [9.17, 15) is 14.7 Å². The van der Waals surface area contributed by atoms with Gasteiger partial charge in [0.1, 0.15) is 5.60 Å². The van der Waals surface area contributed by atoms with Crippen molar-refractivity contribution in [1.82, 2.24) is 15.1 Å². The van der Waals surface area contributed by atoms with E-state index in [4.69, 9.17) is 0 Å². The second-order valence-electron chi connectivity index (χ2n) is 11.0. The molecule has 0 radical (unpaired) electrons. The van der Waals surface area contributed by atoms with Crippen LogP contribution in [0.2, 0.25) is 0 Å². The summed E-state index contributed by atoms with van der Waals surface area (Å²) in [5.41, 5.74) is -1.09. The van der Waals surface area contributed by atoms with Crippen LogP contribution in [0.1, 0.15) is 64.7 Å². The molecule has 2 aliphatic heterocycles. The second-order valence-corrected chi connectivity index (χ2v) is 11.0. The number of aliphatic hydroxyl groups is 1. The van der Waals surface area contributed by atoms with Gasteiger partial charge in [-0.05, 0) is 94.9 Å². The van der Waals surface area contributed by atoms with Crippen LogP contribution in [-0.4, -0.2) is 71.1 Å². The Morgan fingerprint density at radius 3 is 2.13 bits per heavy atom. The lowest BCUT2D eigenvalue weighted by Gasteiger charge is -2.41. The minimum atomic E-state index is -1.09. The second kappa shape index (κ2) is 8.09. The predicted octanol–water partition coefficient (Wildman–Crippen LogP) is 2.01. The molecule has 6 nitrogen and oxygen atoms in total. The molecule has 2 heterocycles. The fraction of sp³-hybridized carbons (Fsp3) is 0.917. The van der Waals surface area contributed by atoms with Crippen molar-refractivity contribution >= 4 is 11.8 Å². The predicted molar refractivity (Wildman–Crippen MR) is 115 cm³/mol. The van der Waals surface area contributed by atoms with Crippen LogP contribution in [-0.2, 0) is 9.59 Å². The molecule has 5 aliphatic rings. The number of amides is 2. The Morgan fingerprint density at radius 1 is 0.867 bits per heavy atom. The number of nitrogens with zero attached hydrogens (tertiary/aromatic N) is 2. The van der Waals surface area contributed by atoms with E-state index < -0.39 is 5.60 Å². The molecule has 168 valence electrons. The van der Waals surface area contributed by atoms with Gasteiger partial charge < -0.3 is 20.2 Å². The summed E-state index contributed by atoms with van der Waals surface area (Å²) in [5.74, 6) is 3.82. The van der Waals surface area contributed by atoms with Gasteiger partial charge in [0.15, 0.2) is 0 Å². The summed E-state index contributed by atoms with van der Waals surface area (Å²) in [6, 6.07) is 0.682.